The highest BCUT2D eigenvalue weighted by atomic mass is 16.3. The molecule has 18 heavy (non-hydrogen) atoms. The number of benzene rings is 1. The molecule has 1 aromatic rings. The third-order valence-electron chi connectivity index (χ3n) is 3.89. The van der Waals surface area contributed by atoms with Gasteiger partial charge in [0.05, 0.1) is 12.1 Å². The molecule has 1 aromatic carbocycles. The number of carbonyl (C=O) groups excluding carboxylic acids is 1. The smallest absolute Gasteiger partial charge is 0.244 e. The van der Waals surface area contributed by atoms with Gasteiger partial charge in [-0.3, -0.25) is 4.79 Å². The summed E-state index contributed by atoms with van der Waals surface area (Å²) in [6.45, 7) is 3.40. The van der Waals surface area contributed by atoms with Crippen LogP contribution in [0.3, 0.4) is 0 Å². The van der Waals surface area contributed by atoms with Gasteiger partial charge >= 0.3 is 0 Å². The van der Waals surface area contributed by atoms with E-state index in [1.807, 2.05) is 23.1 Å². The molecule has 0 radical (unpaired) electrons. The van der Waals surface area contributed by atoms with Crippen molar-refractivity contribution in [1.29, 1.82) is 0 Å². The van der Waals surface area contributed by atoms with Gasteiger partial charge in [-0.25, -0.2) is 0 Å². The molecule has 3 atom stereocenters. The molecule has 0 saturated carbocycles. The molecular weight excluding hydrogens is 228 g/mol. The van der Waals surface area contributed by atoms with Crippen LogP contribution in [0.5, 0.6) is 0 Å². The lowest BCUT2D eigenvalue weighted by Crippen LogP contribution is -2.43. The predicted octanol–water partition coefficient (Wildman–Crippen LogP) is 0.859. The Kier molecular flexibility index (Phi) is 2.84. The lowest BCUT2D eigenvalue weighted by molar-refractivity contribution is -0.120. The Hall–Kier alpha value is -1.39. The van der Waals surface area contributed by atoms with Crippen LogP contribution in [0.25, 0.3) is 0 Å². The zero-order chi connectivity index (χ0) is 12.7. The van der Waals surface area contributed by atoms with Gasteiger partial charge in [0, 0.05) is 24.7 Å². The van der Waals surface area contributed by atoms with Crippen molar-refractivity contribution in [3.8, 4) is 0 Å². The van der Waals surface area contributed by atoms with E-state index in [1.165, 1.54) is 5.56 Å². The monoisotopic (exact) mass is 246 g/mol. The first-order valence-electron chi connectivity index (χ1n) is 6.48. The summed E-state index contributed by atoms with van der Waals surface area (Å²) in [7, 11) is 0. The summed E-state index contributed by atoms with van der Waals surface area (Å²) in [6, 6.07) is 7.83. The number of nitrogens with one attached hydrogen (secondary N) is 1. The Bertz CT molecular complexity index is 475. The molecule has 2 N–H and O–H groups in total. The van der Waals surface area contributed by atoms with Gasteiger partial charge in [-0.2, -0.15) is 0 Å². The molecule has 0 spiro atoms. The predicted molar refractivity (Wildman–Crippen MR) is 69.6 cm³/mol. The second-order valence-corrected chi connectivity index (χ2v) is 5.26. The van der Waals surface area contributed by atoms with Crippen LogP contribution in [-0.4, -0.2) is 36.2 Å². The van der Waals surface area contributed by atoms with Crippen LogP contribution in [-0.2, 0) is 4.79 Å². The minimum Gasteiger partial charge on any atom is -0.392 e. The zero-order valence-corrected chi connectivity index (χ0v) is 10.5. The number of nitrogens with zero attached hydrogens (tertiary/aromatic N) is 1. The van der Waals surface area contributed by atoms with E-state index in [0.717, 1.165) is 12.2 Å². The highest BCUT2D eigenvalue weighted by Crippen LogP contribution is 2.36. The quantitative estimate of drug-likeness (QED) is 0.772. The van der Waals surface area contributed by atoms with Crippen LogP contribution in [0.4, 0.5) is 5.69 Å². The topological polar surface area (TPSA) is 52.6 Å². The van der Waals surface area contributed by atoms with E-state index < -0.39 is 6.10 Å². The molecule has 3 rings (SSSR count). The molecule has 2 aliphatic heterocycles. The highest BCUT2D eigenvalue weighted by Gasteiger charge is 2.36. The summed E-state index contributed by atoms with van der Waals surface area (Å²) in [5.41, 5.74) is 2.27. The number of β-amino-alcohol motifs (C(OH)–C–C–N with tert-alkyl or cyclic N) is 1. The number of hydrogen-bond donors (Lipinski definition) is 2. The number of fused-ring (bicyclic) bond motifs is 1. The molecule has 4 heteroatoms. The van der Waals surface area contributed by atoms with Gasteiger partial charge in [0.15, 0.2) is 0 Å². The lowest BCUT2D eigenvalue weighted by atomic mass is 10.0. The van der Waals surface area contributed by atoms with Gasteiger partial charge in [-0.05, 0) is 18.1 Å². The Balaban J connectivity index is 1.84. The fraction of sp³-hybridized carbons (Fsp3) is 0.500. The normalized spacial score (nSPS) is 30.6. The molecule has 0 aliphatic carbocycles. The standard InChI is InChI=1S/C14H18N2O2/c1-9-8-16(13-5-3-2-4-11(9)13)14(18)12-6-10(17)7-15-12/h2-5,9-10,12,15,17H,6-8H2,1H3/t9-,10+,12+/m1/s1. The minimum absolute atomic E-state index is 0.0864. The first-order valence-corrected chi connectivity index (χ1v) is 6.48. The number of carbonyl (C=O) groups is 1. The van der Waals surface area contributed by atoms with E-state index in [0.29, 0.717) is 18.9 Å². The van der Waals surface area contributed by atoms with Gasteiger partial charge in [0.2, 0.25) is 5.91 Å². The fourth-order valence-corrected chi connectivity index (χ4v) is 2.92. The van der Waals surface area contributed by atoms with Crippen molar-refractivity contribution < 1.29 is 9.90 Å². The van der Waals surface area contributed by atoms with Crippen molar-refractivity contribution in [2.45, 2.75) is 31.4 Å². The summed E-state index contributed by atoms with van der Waals surface area (Å²) < 4.78 is 0. The Morgan fingerprint density at radius 3 is 2.94 bits per heavy atom. The van der Waals surface area contributed by atoms with Crippen LogP contribution in [0.15, 0.2) is 24.3 Å². The van der Waals surface area contributed by atoms with Gasteiger partial charge in [0.25, 0.3) is 0 Å². The fourth-order valence-electron chi connectivity index (χ4n) is 2.92. The third-order valence-corrected chi connectivity index (χ3v) is 3.89. The molecule has 0 bridgehead atoms. The average Bonchev–Trinajstić information content (AvgIpc) is 2.94. The zero-order valence-electron chi connectivity index (χ0n) is 10.5. The first kappa shape index (κ1) is 11.7. The number of anilines is 1. The molecule has 1 amide bonds. The molecule has 96 valence electrons. The second-order valence-electron chi connectivity index (χ2n) is 5.26. The maximum absolute atomic E-state index is 12.5. The van der Waals surface area contributed by atoms with E-state index in [-0.39, 0.29) is 11.9 Å². The molecule has 1 fully saturated rings. The van der Waals surface area contributed by atoms with Crippen LogP contribution in [0, 0.1) is 0 Å². The largest absolute Gasteiger partial charge is 0.392 e. The Morgan fingerprint density at radius 2 is 2.22 bits per heavy atom. The third kappa shape index (κ3) is 1.82. The molecule has 0 aromatic heterocycles. The molecule has 4 nitrogen and oxygen atoms in total. The maximum Gasteiger partial charge on any atom is 0.244 e. The number of amides is 1. The van der Waals surface area contributed by atoms with E-state index in [4.69, 9.17) is 0 Å². The maximum atomic E-state index is 12.5. The summed E-state index contributed by atoms with van der Waals surface area (Å²) in [5, 5.41) is 12.6. The van der Waals surface area contributed by atoms with Crippen LogP contribution in [0.2, 0.25) is 0 Å². The molecule has 2 aliphatic rings. The molecular formula is C14H18N2O2. The van der Waals surface area contributed by atoms with Crippen molar-refractivity contribution in [1.82, 2.24) is 5.32 Å². The first-order chi connectivity index (χ1) is 8.66. The lowest BCUT2D eigenvalue weighted by Gasteiger charge is -2.21. The van der Waals surface area contributed by atoms with Crippen LogP contribution in [0.1, 0.15) is 24.8 Å². The van der Waals surface area contributed by atoms with Gasteiger partial charge in [0.1, 0.15) is 0 Å². The highest BCUT2D eigenvalue weighted by molar-refractivity contribution is 5.99. The average molecular weight is 246 g/mol. The number of aliphatic hydroxyl groups excluding tert-OH is 1. The van der Waals surface area contributed by atoms with E-state index >= 15 is 0 Å². The van der Waals surface area contributed by atoms with Crippen molar-refractivity contribution in [3.63, 3.8) is 0 Å². The second kappa shape index (κ2) is 4.37. The van der Waals surface area contributed by atoms with Crippen LogP contribution < -0.4 is 10.2 Å². The molecule has 2 heterocycles. The van der Waals surface area contributed by atoms with Crippen molar-refractivity contribution in [2.24, 2.45) is 0 Å². The number of para-hydroxylation sites is 1. The van der Waals surface area contributed by atoms with E-state index in [1.54, 1.807) is 0 Å². The number of aliphatic hydroxyl groups is 1. The van der Waals surface area contributed by atoms with Gasteiger partial charge < -0.3 is 15.3 Å². The Morgan fingerprint density at radius 1 is 1.44 bits per heavy atom. The van der Waals surface area contributed by atoms with Crippen molar-refractivity contribution >= 4 is 11.6 Å². The van der Waals surface area contributed by atoms with Gasteiger partial charge in [-0.15, -0.1) is 0 Å². The summed E-state index contributed by atoms with van der Waals surface area (Å²) in [5.74, 6) is 0.472. The van der Waals surface area contributed by atoms with Crippen molar-refractivity contribution in [3.05, 3.63) is 29.8 Å². The van der Waals surface area contributed by atoms with E-state index in [2.05, 4.69) is 18.3 Å². The molecule has 1 saturated heterocycles. The summed E-state index contributed by atoms with van der Waals surface area (Å²) in [6.07, 6.45) is 0.125. The number of hydrogen-bond acceptors (Lipinski definition) is 3. The van der Waals surface area contributed by atoms with E-state index in [9.17, 15) is 9.90 Å². The SMILES string of the molecule is C[C@@H]1CN(C(=O)[C@@H]2C[C@H](O)CN2)c2ccccc21. The number of rotatable bonds is 1. The van der Waals surface area contributed by atoms with Gasteiger partial charge in [-0.1, -0.05) is 25.1 Å². The Labute approximate surface area is 107 Å². The minimum atomic E-state index is -0.394. The molecule has 0 unspecified atom stereocenters. The van der Waals surface area contributed by atoms with Crippen LogP contribution >= 0.6 is 0 Å². The van der Waals surface area contributed by atoms with Crippen molar-refractivity contribution in [2.75, 3.05) is 18.0 Å². The summed E-state index contributed by atoms with van der Waals surface area (Å²) >= 11 is 0. The summed E-state index contributed by atoms with van der Waals surface area (Å²) in [4.78, 5) is 14.3.